The number of aromatic nitrogens is 4. The minimum atomic E-state index is -3.49. The fourth-order valence-corrected chi connectivity index (χ4v) is 2.13. The quantitative estimate of drug-likeness (QED) is 0.642. The van der Waals surface area contributed by atoms with E-state index in [1.807, 2.05) is 4.98 Å². The maximum atomic E-state index is 14.6. The lowest BCUT2D eigenvalue weighted by atomic mass is 10.1. The predicted molar refractivity (Wildman–Crippen MR) is 85.1 cm³/mol. The molecule has 1 aromatic carbocycles. The standard InChI is InChI=1S/C15H14F2N6O2/c1-8-10(23-25-22-8)7-19-12-11(18)13(24)21-14(20-12)15(16,17)9-5-3-2-4-6-9/h2-6H,7,18H2,1H3,(H2,19,20,21,24). The zero-order chi connectivity index (χ0) is 18.0. The van der Waals surface area contributed by atoms with Gasteiger partial charge in [-0.25, -0.2) is 9.61 Å². The van der Waals surface area contributed by atoms with Gasteiger partial charge in [-0.3, -0.25) is 4.79 Å². The number of alkyl halides is 2. The van der Waals surface area contributed by atoms with Gasteiger partial charge in [-0.15, -0.1) is 0 Å². The number of aromatic amines is 1. The number of nitrogens with two attached hydrogens (primary N) is 1. The molecule has 2 aromatic heterocycles. The molecule has 2 heterocycles. The maximum absolute atomic E-state index is 14.6. The molecule has 0 bridgehead atoms. The van der Waals surface area contributed by atoms with E-state index in [4.69, 9.17) is 5.73 Å². The van der Waals surface area contributed by atoms with Crippen LogP contribution >= 0.6 is 0 Å². The number of rotatable bonds is 5. The molecule has 0 fully saturated rings. The molecule has 0 saturated heterocycles. The smallest absolute Gasteiger partial charge is 0.330 e. The lowest BCUT2D eigenvalue weighted by molar-refractivity contribution is 0.0327. The van der Waals surface area contributed by atoms with Crippen molar-refractivity contribution in [3.8, 4) is 0 Å². The van der Waals surface area contributed by atoms with Crippen LogP contribution in [-0.2, 0) is 12.5 Å². The number of halogens is 2. The zero-order valence-electron chi connectivity index (χ0n) is 13.1. The Morgan fingerprint density at radius 1 is 1.28 bits per heavy atom. The first-order chi connectivity index (χ1) is 11.9. The average molecular weight is 348 g/mol. The summed E-state index contributed by atoms with van der Waals surface area (Å²) < 4.78 is 33.8. The van der Waals surface area contributed by atoms with Crippen molar-refractivity contribution in [1.29, 1.82) is 0 Å². The van der Waals surface area contributed by atoms with Gasteiger partial charge in [0.15, 0.2) is 11.6 Å². The van der Waals surface area contributed by atoms with Crippen LogP contribution in [0.2, 0.25) is 0 Å². The van der Waals surface area contributed by atoms with Gasteiger partial charge in [0.25, 0.3) is 5.56 Å². The SMILES string of the molecule is Cc1nonc1CNc1nc(C(F)(F)c2ccccc2)[nH]c(=O)c1N. The highest BCUT2D eigenvalue weighted by Gasteiger charge is 2.37. The van der Waals surface area contributed by atoms with Gasteiger partial charge in [-0.1, -0.05) is 40.6 Å². The van der Waals surface area contributed by atoms with Gasteiger partial charge in [0.2, 0.25) is 0 Å². The van der Waals surface area contributed by atoms with Crippen LogP contribution in [0.4, 0.5) is 20.3 Å². The van der Waals surface area contributed by atoms with Crippen molar-refractivity contribution in [1.82, 2.24) is 20.3 Å². The number of anilines is 2. The summed E-state index contributed by atoms with van der Waals surface area (Å²) in [5.74, 6) is -4.47. The highest BCUT2D eigenvalue weighted by molar-refractivity contribution is 5.60. The van der Waals surface area contributed by atoms with Crippen molar-refractivity contribution in [3.05, 3.63) is 63.5 Å². The van der Waals surface area contributed by atoms with E-state index in [0.29, 0.717) is 11.4 Å². The number of nitrogens with one attached hydrogen (secondary N) is 2. The molecule has 0 unspecified atom stereocenters. The minimum absolute atomic E-state index is 0.0618. The fourth-order valence-electron chi connectivity index (χ4n) is 2.13. The first kappa shape index (κ1) is 16.6. The fraction of sp³-hybridized carbons (Fsp3) is 0.200. The van der Waals surface area contributed by atoms with Gasteiger partial charge >= 0.3 is 5.92 Å². The third-order valence-electron chi connectivity index (χ3n) is 3.56. The molecule has 3 aromatic rings. The van der Waals surface area contributed by atoms with E-state index in [2.05, 4.69) is 25.2 Å². The molecule has 0 spiro atoms. The largest absolute Gasteiger partial charge is 0.391 e. The second-order valence-electron chi connectivity index (χ2n) is 5.27. The molecule has 25 heavy (non-hydrogen) atoms. The second kappa shape index (κ2) is 6.30. The summed E-state index contributed by atoms with van der Waals surface area (Å²) in [6.07, 6.45) is 0. The van der Waals surface area contributed by atoms with Gasteiger partial charge < -0.3 is 16.0 Å². The third kappa shape index (κ3) is 3.18. The summed E-state index contributed by atoms with van der Waals surface area (Å²) >= 11 is 0. The summed E-state index contributed by atoms with van der Waals surface area (Å²) in [4.78, 5) is 17.7. The Bertz CT molecular complexity index is 939. The minimum Gasteiger partial charge on any atom is -0.391 e. The number of nitrogen functional groups attached to an aromatic ring is 1. The van der Waals surface area contributed by atoms with Crippen LogP contribution in [0.25, 0.3) is 0 Å². The van der Waals surface area contributed by atoms with E-state index in [1.165, 1.54) is 24.3 Å². The van der Waals surface area contributed by atoms with Crippen molar-refractivity contribution in [2.24, 2.45) is 0 Å². The molecule has 0 saturated carbocycles. The molecule has 0 aliphatic heterocycles. The van der Waals surface area contributed by atoms with Gasteiger partial charge in [0, 0.05) is 5.56 Å². The van der Waals surface area contributed by atoms with E-state index in [1.54, 1.807) is 13.0 Å². The Labute approximate surface area is 140 Å². The first-order valence-electron chi connectivity index (χ1n) is 7.25. The Balaban J connectivity index is 1.95. The summed E-state index contributed by atoms with van der Waals surface area (Å²) in [6.45, 7) is 1.73. The van der Waals surface area contributed by atoms with Gasteiger partial charge in [-0.05, 0) is 6.92 Å². The van der Waals surface area contributed by atoms with Crippen LogP contribution in [-0.4, -0.2) is 20.3 Å². The topological polar surface area (TPSA) is 123 Å². The molecule has 8 nitrogen and oxygen atoms in total. The third-order valence-corrected chi connectivity index (χ3v) is 3.56. The van der Waals surface area contributed by atoms with Crippen molar-refractivity contribution in [2.75, 3.05) is 11.1 Å². The number of hydrogen-bond donors (Lipinski definition) is 3. The summed E-state index contributed by atoms with van der Waals surface area (Å²) in [6, 6.07) is 7.04. The summed E-state index contributed by atoms with van der Waals surface area (Å²) in [7, 11) is 0. The normalized spacial score (nSPS) is 11.5. The van der Waals surface area contributed by atoms with Crippen LogP contribution in [0, 0.1) is 6.92 Å². The number of H-pyrrole nitrogens is 1. The number of nitrogens with zero attached hydrogens (tertiary/aromatic N) is 3. The highest BCUT2D eigenvalue weighted by atomic mass is 19.3. The Kier molecular flexibility index (Phi) is 4.17. The first-order valence-corrected chi connectivity index (χ1v) is 7.25. The van der Waals surface area contributed by atoms with Crippen LogP contribution in [0.5, 0.6) is 0 Å². The van der Waals surface area contributed by atoms with Gasteiger partial charge in [0.1, 0.15) is 17.1 Å². The number of benzene rings is 1. The Morgan fingerprint density at radius 3 is 2.64 bits per heavy atom. The lowest BCUT2D eigenvalue weighted by Crippen LogP contribution is -2.26. The zero-order valence-corrected chi connectivity index (χ0v) is 13.1. The molecular weight excluding hydrogens is 334 g/mol. The molecule has 0 amide bonds. The van der Waals surface area contributed by atoms with E-state index in [0.717, 1.165) is 0 Å². The highest BCUT2D eigenvalue weighted by Crippen LogP contribution is 2.33. The molecule has 4 N–H and O–H groups in total. The second-order valence-corrected chi connectivity index (χ2v) is 5.27. The molecule has 0 atom stereocenters. The molecular formula is C15H14F2N6O2. The van der Waals surface area contributed by atoms with Crippen molar-refractivity contribution in [2.45, 2.75) is 19.4 Å². The Morgan fingerprint density at radius 2 is 2.00 bits per heavy atom. The Hall–Kier alpha value is -3.30. The van der Waals surface area contributed by atoms with Crippen molar-refractivity contribution in [3.63, 3.8) is 0 Å². The van der Waals surface area contributed by atoms with Gasteiger partial charge in [0.05, 0.1) is 6.54 Å². The van der Waals surface area contributed by atoms with E-state index in [-0.39, 0.29) is 23.6 Å². The van der Waals surface area contributed by atoms with E-state index in [9.17, 15) is 13.6 Å². The summed E-state index contributed by atoms with van der Waals surface area (Å²) in [5, 5.41) is 9.96. The average Bonchev–Trinajstić information content (AvgIpc) is 3.01. The molecule has 0 aliphatic carbocycles. The van der Waals surface area contributed by atoms with Crippen LogP contribution in [0.1, 0.15) is 22.8 Å². The monoisotopic (exact) mass is 348 g/mol. The summed E-state index contributed by atoms with van der Waals surface area (Å²) in [5.41, 5.74) is 5.13. The molecule has 10 heteroatoms. The van der Waals surface area contributed by atoms with E-state index >= 15 is 0 Å². The van der Waals surface area contributed by atoms with Crippen molar-refractivity contribution < 1.29 is 13.4 Å². The van der Waals surface area contributed by atoms with Crippen LogP contribution in [0.3, 0.4) is 0 Å². The van der Waals surface area contributed by atoms with Gasteiger partial charge in [-0.2, -0.15) is 8.78 Å². The molecule has 0 aliphatic rings. The van der Waals surface area contributed by atoms with Crippen molar-refractivity contribution >= 4 is 11.5 Å². The molecule has 0 radical (unpaired) electrons. The lowest BCUT2D eigenvalue weighted by Gasteiger charge is -2.17. The maximum Gasteiger partial charge on any atom is 0.330 e. The van der Waals surface area contributed by atoms with Crippen LogP contribution < -0.4 is 16.6 Å². The van der Waals surface area contributed by atoms with Crippen LogP contribution in [0.15, 0.2) is 39.8 Å². The predicted octanol–water partition coefficient (Wildman–Crippen LogP) is 1.80. The number of aryl methyl sites for hydroxylation is 1. The van der Waals surface area contributed by atoms with E-state index < -0.39 is 17.3 Å². The molecule has 3 rings (SSSR count). The number of hydrogen-bond acceptors (Lipinski definition) is 7. The molecule has 130 valence electrons.